The fourth-order valence-electron chi connectivity index (χ4n) is 2.07. The Morgan fingerprint density at radius 2 is 1.72 bits per heavy atom. The van der Waals surface area contributed by atoms with E-state index >= 15 is 0 Å². The zero-order chi connectivity index (χ0) is 13.1. The van der Waals surface area contributed by atoms with Gasteiger partial charge in [0.05, 0.1) is 0 Å². The van der Waals surface area contributed by atoms with Crippen LogP contribution in [0.2, 0.25) is 5.28 Å². The molecule has 0 aromatic carbocycles. The summed E-state index contributed by atoms with van der Waals surface area (Å²) < 4.78 is 0. The van der Waals surface area contributed by atoms with E-state index in [9.17, 15) is 0 Å². The fourth-order valence-corrected chi connectivity index (χ4v) is 2.22. The maximum atomic E-state index is 6.00. The van der Waals surface area contributed by atoms with E-state index in [1.165, 1.54) is 19.3 Å². The number of anilines is 2. The highest BCUT2D eigenvalue weighted by atomic mass is 35.5. The monoisotopic (exact) mass is 269 g/mol. The molecule has 18 heavy (non-hydrogen) atoms. The summed E-state index contributed by atoms with van der Waals surface area (Å²) in [6.07, 6.45) is 3.71. The number of nitrogens with zero attached hydrogens (tertiary/aromatic N) is 5. The lowest BCUT2D eigenvalue weighted by atomic mass is 9.92. The maximum Gasteiger partial charge on any atom is 0.231 e. The van der Waals surface area contributed by atoms with Crippen LogP contribution in [0.4, 0.5) is 11.9 Å². The molecule has 0 saturated heterocycles. The topological polar surface area (TPSA) is 45.2 Å². The van der Waals surface area contributed by atoms with Crippen LogP contribution in [0.3, 0.4) is 0 Å². The highest BCUT2D eigenvalue weighted by molar-refractivity contribution is 6.28. The van der Waals surface area contributed by atoms with Crippen LogP contribution in [0, 0.1) is 0 Å². The van der Waals surface area contributed by atoms with E-state index in [-0.39, 0.29) is 5.28 Å². The minimum Gasteiger partial charge on any atom is -0.341 e. The van der Waals surface area contributed by atoms with Crippen molar-refractivity contribution >= 4 is 23.5 Å². The number of hydrogen-bond donors (Lipinski definition) is 0. The Kier molecular flexibility index (Phi) is 4.22. The molecule has 1 aliphatic carbocycles. The standard InChI is InChI=1S/C12H20ClN5/c1-4-18(5-2)12-15-10(13)14-11(16-12)17(3)9-7-6-8-9/h9H,4-8H2,1-3H3. The Bertz CT molecular complexity index is 403. The maximum absolute atomic E-state index is 6.00. The third-order valence-electron chi connectivity index (χ3n) is 3.57. The van der Waals surface area contributed by atoms with E-state index in [2.05, 4.69) is 38.6 Å². The molecule has 0 amide bonds. The third kappa shape index (κ3) is 2.66. The van der Waals surface area contributed by atoms with Gasteiger partial charge in [0, 0.05) is 26.2 Å². The number of rotatable bonds is 5. The lowest BCUT2D eigenvalue weighted by Crippen LogP contribution is -2.38. The molecule has 1 fully saturated rings. The van der Waals surface area contributed by atoms with Gasteiger partial charge >= 0.3 is 0 Å². The van der Waals surface area contributed by atoms with Gasteiger partial charge < -0.3 is 9.80 Å². The summed E-state index contributed by atoms with van der Waals surface area (Å²) in [7, 11) is 2.03. The Morgan fingerprint density at radius 1 is 1.11 bits per heavy atom. The second-order valence-electron chi connectivity index (χ2n) is 4.57. The Labute approximate surface area is 113 Å². The molecule has 0 N–H and O–H groups in total. The molecule has 1 heterocycles. The third-order valence-corrected chi connectivity index (χ3v) is 3.74. The second kappa shape index (κ2) is 5.69. The van der Waals surface area contributed by atoms with Crippen molar-refractivity contribution in [3.63, 3.8) is 0 Å². The molecule has 0 spiro atoms. The van der Waals surface area contributed by atoms with Crippen molar-refractivity contribution in [3.05, 3.63) is 5.28 Å². The predicted molar refractivity (Wildman–Crippen MR) is 74.4 cm³/mol. The number of hydrogen-bond acceptors (Lipinski definition) is 5. The van der Waals surface area contributed by atoms with Crippen LogP contribution < -0.4 is 9.80 Å². The van der Waals surface area contributed by atoms with Crippen molar-refractivity contribution in [1.82, 2.24) is 15.0 Å². The summed E-state index contributed by atoms with van der Waals surface area (Å²) in [4.78, 5) is 17.1. The smallest absolute Gasteiger partial charge is 0.231 e. The van der Waals surface area contributed by atoms with Crippen LogP contribution in [-0.2, 0) is 0 Å². The lowest BCUT2D eigenvalue weighted by Gasteiger charge is -2.35. The van der Waals surface area contributed by atoms with Crippen LogP contribution in [0.25, 0.3) is 0 Å². The molecule has 0 aliphatic heterocycles. The molecule has 0 unspecified atom stereocenters. The van der Waals surface area contributed by atoms with Crippen molar-refractivity contribution in [2.45, 2.75) is 39.2 Å². The van der Waals surface area contributed by atoms with Gasteiger partial charge in [-0.1, -0.05) is 0 Å². The van der Waals surface area contributed by atoms with E-state index in [4.69, 9.17) is 11.6 Å². The van der Waals surface area contributed by atoms with Crippen molar-refractivity contribution in [2.75, 3.05) is 29.9 Å². The lowest BCUT2D eigenvalue weighted by molar-refractivity contribution is 0.397. The Balaban J connectivity index is 2.24. The van der Waals surface area contributed by atoms with E-state index in [1.807, 2.05) is 7.05 Å². The first-order valence-corrected chi connectivity index (χ1v) is 6.92. The summed E-state index contributed by atoms with van der Waals surface area (Å²) in [6.45, 7) is 5.89. The normalized spacial score (nSPS) is 15.3. The summed E-state index contributed by atoms with van der Waals surface area (Å²) in [5.74, 6) is 1.35. The van der Waals surface area contributed by atoms with E-state index < -0.39 is 0 Å². The van der Waals surface area contributed by atoms with Gasteiger partial charge in [-0.15, -0.1) is 0 Å². The second-order valence-corrected chi connectivity index (χ2v) is 4.91. The van der Waals surface area contributed by atoms with Crippen LogP contribution >= 0.6 is 11.6 Å². The summed E-state index contributed by atoms with van der Waals surface area (Å²) in [5, 5.41) is 0.271. The average molecular weight is 270 g/mol. The van der Waals surface area contributed by atoms with Gasteiger partial charge in [0.15, 0.2) is 0 Å². The number of aromatic nitrogens is 3. The highest BCUT2D eigenvalue weighted by Gasteiger charge is 2.25. The van der Waals surface area contributed by atoms with Gasteiger partial charge in [-0.25, -0.2) is 0 Å². The van der Waals surface area contributed by atoms with Gasteiger partial charge in [-0.3, -0.25) is 0 Å². The highest BCUT2D eigenvalue weighted by Crippen LogP contribution is 2.27. The van der Waals surface area contributed by atoms with Gasteiger partial charge in [-0.05, 0) is 44.7 Å². The molecule has 100 valence electrons. The van der Waals surface area contributed by atoms with Gasteiger partial charge in [0.2, 0.25) is 17.2 Å². The molecule has 0 radical (unpaired) electrons. The van der Waals surface area contributed by atoms with E-state index in [0.29, 0.717) is 17.9 Å². The van der Waals surface area contributed by atoms with Crippen molar-refractivity contribution in [2.24, 2.45) is 0 Å². The zero-order valence-corrected chi connectivity index (χ0v) is 12.0. The first-order valence-electron chi connectivity index (χ1n) is 6.55. The van der Waals surface area contributed by atoms with Gasteiger partial charge in [-0.2, -0.15) is 15.0 Å². The van der Waals surface area contributed by atoms with Crippen molar-refractivity contribution in [1.29, 1.82) is 0 Å². The van der Waals surface area contributed by atoms with Gasteiger partial charge in [0.1, 0.15) is 0 Å². The first kappa shape index (κ1) is 13.3. The molecular weight excluding hydrogens is 250 g/mol. The summed E-state index contributed by atoms with van der Waals surface area (Å²) >= 11 is 6.00. The SMILES string of the molecule is CCN(CC)c1nc(Cl)nc(N(C)C2CCC2)n1. The quantitative estimate of drug-likeness (QED) is 0.821. The van der Waals surface area contributed by atoms with Crippen molar-refractivity contribution < 1.29 is 0 Å². The van der Waals surface area contributed by atoms with E-state index in [0.717, 1.165) is 13.1 Å². The van der Waals surface area contributed by atoms with Crippen molar-refractivity contribution in [3.8, 4) is 0 Å². The minimum atomic E-state index is 0.271. The predicted octanol–water partition coefficient (Wildman–Crippen LogP) is 2.36. The molecule has 1 aliphatic rings. The summed E-state index contributed by atoms with van der Waals surface area (Å²) in [6, 6.07) is 0.549. The molecular formula is C12H20ClN5. The van der Waals surface area contributed by atoms with Crippen LogP contribution in [-0.4, -0.2) is 41.1 Å². The molecule has 2 rings (SSSR count). The molecule has 1 saturated carbocycles. The van der Waals surface area contributed by atoms with E-state index in [1.54, 1.807) is 0 Å². The van der Waals surface area contributed by atoms with Gasteiger partial charge in [0.25, 0.3) is 0 Å². The molecule has 5 nitrogen and oxygen atoms in total. The molecule has 1 aromatic heterocycles. The van der Waals surface area contributed by atoms with Crippen LogP contribution in [0.1, 0.15) is 33.1 Å². The number of halogens is 1. The average Bonchev–Trinajstić information content (AvgIpc) is 2.27. The fraction of sp³-hybridized carbons (Fsp3) is 0.750. The minimum absolute atomic E-state index is 0.271. The van der Waals surface area contributed by atoms with Crippen LogP contribution in [0.15, 0.2) is 0 Å². The molecule has 0 bridgehead atoms. The Morgan fingerprint density at radius 3 is 2.22 bits per heavy atom. The van der Waals surface area contributed by atoms with Crippen LogP contribution in [0.5, 0.6) is 0 Å². The molecule has 6 heteroatoms. The largest absolute Gasteiger partial charge is 0.341 e. The summed E-state index contributed by atoms with van der Waals surface area (Å²) in [5.41, 5.74) is 0. The molecule has 0 atom stereocenters. The Hall–Kier alpha value is -1.10. The first-order chi connectivity index (χ1) is 8.65. The molecule has 1 aromatic rings. The zero-order valence-electron chi connectivity index (χ0n) is 11.2.